The van der Waals surface area contributed by atoms with Crippen molar-refractivity contribution in [1.82, 2.24) is 10.2 Å². The third-order valence-electron chi connectivity index (χ3n) is 3.73. The quantitative estimate of drug-likeness (QED) is 0.785. The maximum Gasteiger partial charge on any atom is 0.251 e. The Morgan fingerprint density at radius 1 is 1.38 bits per heavy atom. The second-order valence-corrected chi connectivity index (χ2v) is 4.84. The van der Waals surface area contributed by atoms with Gasteiger partial charge in [0.05, 0.1) is 6.54 Å². The number of nitrogens with zero attached hydrogens (tertiary/aromatic N) is 1. The van der Waals surface area contributed by atoms with Crippen LogP contribution < -0.4 is 5.32 Å². The molecular formula is C12H24F2N2. The summed E-state index contributed by atoms with van der Waals surface area (Å²) in [4.78, 5) is 1.92. The SMILES string of the molecule is CCCNC1CCN(CC(F)F)C(C)C1C. The summed E-state index contributed by atoms with van der Waals surface area (Å²) in [5.74, 6) is 0.444. The molecule has 1 N–H and O–H groups in total. The van der Waals surface area contributed by atoms with Gasteiger partial charge in [-0.3, -0.25) is 4.90 Å². The summed E-state index contributed by atoms with van der Waals surface area (Å²) >= 11 is 0. The Bertz CT molecular complexity index is 199. The van der Waals surface area contributed by atoms with E-state index in [0.29, 0.717) is 12.0 Å². The lowest BCUT2D eigenvalue weighted by atomic mass is 9.87. The first kappa shape index (κ1) is 13.8. The molecule has 1 rings (SSSR count). The molecule has 1 saturated heterocycles. The number of piperidine rings is 1. The van der Waals surface area contributed by atoms with Gasteiger partial charge in [-0.2, -0.15) is 0 Å². The fraction of sp³-hybridized carbons (Fsp3) is 1.00. The largest absolute Gasteiger partial charge is 0.314 e. The van der Waals surface area contributed by atoms with Crippen molar-refractivity contribution >= 4 is 0 Å². The van der Waals surface area contributed by atoms with E-state index in [0.717, 1.165) is 25.9 Å². The molecule has 0 aromatic rings. The Morgan fingerprint density at radius 3 is 2.62 bits per heavy atom. The zero-order valence-electron chi connectivity index (χ0n) is 10.5. The first-order chi connectivity index (χ1) is 7.56. The van der Waals surface area contributed by atoms with E-state index in [-0.39, 0.29) is 12.6 Å². The van der Waals surface area contributed by atoms with Gasteiger partial charge < -0.3 is 5.32 Å². The Morgan fingerprint density at radius 2 is 2.06 bits per heavy atom. The minimum atomic E-state index is -2.21. The molecular weight excluding hydrogens is 210 g/mol. The highest BCUT2D eigenvalue weighted by atomic mass is 19.3. The van der Waals surface area contributed by atoms with Gasteiger partial charge in [0.1, 0.15) is 0 Å². The van der Waals surface area contributed by atoms with Crippen LogP contribution in [0.2, 0.25) is 0 Å². The van der Waals surface area contributed by atoms with E-state index < -0.39 is 6.43 Å². The standard InChI is InChI=1S/C12H24F2N2/c1-4-6-15-11-5-7-16(8-12(13)14)10(3)9(11)2/h9-12,15H,4-8H2,1-3H3. The Labute approximate surface area is 97.4 Å². The first-order valence-electron chi connectivity index (χ1n) is 6.31. The van der Waals surface area contributed by atoms with Gasteiger partial charge in [0, 0.05) is 18.6 Å². The molecule has 1 aliphatic heterocycles. The summed E-state index contributed by atoms with van der Waals surface area (Å²) in [5, 5.41) is 3.51. The molecule has 4 heteroatoms. The van der Waals surface area contributed by atoms with Crippen LogP contribution >= 0.6 is 0 Å². The highest BCUT2D eigenvalue weighted by Crippen LogP contribution is 2.24. The van der Waals surface area contributed by atoms with E-state index in [1.165, 1.54) is 0 Å². The average molecular weight is 234 g/mol. The van der Waals surface area contributed by atoms with Crippen molar-refractivity contribution in [3.05, 3.63) is 0 Å². The lowest BCUT2D eigenvalue weighted by Crippen LogP contribution is -2.54. The van der Waals surface area contributed by atoms with Crippen LogP contribution in [0.5, 0.6) is 0 Å². The van der Waals surface area contributed by atoms with Crippen LogP contribution in [0, 0.1) is 5.92 Å². The second kappa shape index (κ2) is 6.50. The van der Waals surface area contributed by atoms with Crippen LogP contribution in [0.25, 0.3) is 0 Å². The van der Waals surface area contributed by atoms with Crippen LogP contribution in [0.3, 0.4) is 0 Å². The Balaban J connectivity index is 2.44. The zero-order valence-corrected chi connectivity index (χ0v) is 10.5. The number of hydrogen-bond acceptors (Lipinski definition) is 2. The molecule has 1 aliphatic rings. The third kappa shape index (κ3) is 3.67. The van der Waals surface area contributed by atoms with Gasteiger partial charge in [0.2, 0.25) is 0 Å². The molecule has 1 fully saturated rings. The van der Waals surface area contributed by atoms with Gasteiger partial charge in [-0.25, -0.2) is 8.78 Å². The van der Waals surface area contributed by atoms with E-state index in [1.807, 2.05) is 4.90 Å². The maximum absolute atomic E-state index is 12.4. The second-order valence-electron chi connectivity index (χ2n) is 4.84. The van der Waals surface area contributed by atoms with Crippen molar-refractivity contribution in [1.29, 1.82) is 0 Å². The fourth-order valence-electron chi connectivity index (χ4n) is 2.49. The summed E-state index contributed by atoms with van der Waals surface area (Å²) in [6.45, 7) is 8.11. The maximum atomic E-state index is 12.4. The summed E-state index contributed by atoms with van der Waals surface area (Å²) in [6, 6.07) is 0.737. The highest BCUT2D eigenvalue weighted by molar-refractivity contribution is 4.88. The summed E-state index contributed by atoms with van der Waals surface area (Å²) in [5.41, 5.74) is 0. The number of halogens is 2. The minimum absolute atomic E-state index is 0.0774. The predicted molar refractivity (Wildman–Crippen MR) is 62.9 cm³/mol. The van der Waals surface area contributed by atoms with Gasteiger partial charge >= 0.3 is 0 Å². The molecule has 96 valence electrons. The summed E-state index contributed by atoms with van der Waals surface area (Å²) in [6.07, 6.45) is -0.105. The Hall–Kier alpha value is -0.220. The van der Waals surface area contributed by atoms with Crippen molar-refractivity contribution in [2.24, 2.45) is 5.92 Å². The average Bonchev–Trinajstić information content (AvgIpc) is 2.23. The molecule has 0 amide bonds. The predicted octanol–water partition coefficient (Wildman–Crippen LogP) is 2.35. The van der Waals surface area contributed by atoms with E-state index >= 15 is 0 Å². The molecule has 0 aromatic heterocycles. The van der Waals surface area contributed by atoms with Crippen molar-refractivity contribution in [3.8, 4) is 0 Å². The van der Waals surface area contributed by atoms with Crippen LogP contribution in [0.15, 0.2) is 0 Å². The number of nitrogens with one attached hydrogen (secondary N) is 1. The Kier molecular flexibility index (Phi) is 5.62. The van der Waals surface area contributed by atoms with E-state index in [4.69, 9.17) is 0 Å². The normalized spacial score (nSPS) is 32.2. The van der Waals surface area contributed by atoms with E-state index in [2.05, 4.69) is 26.1 Å². The molecule has 0 radical (unpaired) electrons. The molecule has 3 unspecified atom stereocenters. The topological polar surface area (TPSA) is 15.3 Å². The van der Waals surface area contributed by atoms with Crippen LogP contribution in [-0.4, -0.2) is 43.0 Å². The lowest BCUT2D eigenvalue weighted by Gasteiger charge is -2.43. The number of alkyl halides is 2. The minimum Gasteiger partial charge on any atom is -0.314 e. The van der Waals surface area contributed by atoms with Crippen molar-refractivity contribution < 1.29 is 8.78 Å². The fourth-order valence-corrected chi connectivity index (χ4v) is 2.49. The van der Waals surface area contributed by atoms with Crippen LogP contribution in [-0.2, 0) is 0 Å². The first-order valence-corrected chi connectivity index (χ1v) is 6.31. The van der Waals surface area contributed by atoms with Gasteiger partial charge in [-0.05, 0) is 32.2 Å². The molecule has 0 aromatic carbocycles. The smallest absolute Gasteiger partial charge is 0.251 e. The summed E-state index contributed by atoms with van der Waals surface area (Å²) in [7, 11) is 0. The molecule has 16 heavy (non-hydrogen) atoms. The lowest BCUT2D eigenvalue weighted by molar-refractivity contribution is 0.0238. The summed E-state index contributed by atoms with van der Waals surface area (Å²) < 4.78 is 24.7. The highest BCUT2D eigenvalue weighted by Gasteiger charge is 2.32. The number of rotatable bonds is 5. The van der Waals surface area contributed by atoms with E-state index in [9.17, 15) is 8.78 Å². The van der Waals surface area contributed by atoms with Crippen LogP contribution in [0.1, 0.15) is 33.6 Å². The molecule has 3 atom stereocenters. The van der Waals surface area contributed by atoms with Gasteiger partial charge in [-0.1, -0.05) is 13.8 Å². The third-order valence-corrected chi connectivity index (χ3v) is 3.73. The van der Waals surface area contributed by atoms with E-state index in [1.54, 1.807) is 0 Å². The van der Waals surface area contributed by atoms with Gasteiger partial charge in [-0.15, -0.1) is 0 Å². The van der Waals surface area contributed by atoms with Crippen molar-refractivity contribution in [2.45, 2.75) is 52.1 Å². The number of likely N-dealkylation sites (tertiary alicyclic amines) is 1. The van der Waals surface area contributed by atoms with Gasteiger partial charge in [0.15, 0.2) is 0 Å². The van der Waals surface area contributed by atoms with Crippen molar-refractivity contribution in [3.63, 3.8) is 0 Å². The van der Waals surface area contributed by atoms with Crippen molar-refractivity contribution in [2.75, 3.05) is 19.6 Å². The molecule has 0 saturated carbocycles. The van der Waals surface area contributed by atoms with Crippen LogP contribution in [0.4, 0.5) is 8.78 Å². The molecule has 0 spiro atoms. The molecule has 0 aliphatic carbocycles. The molecule has 0 bridgehead atoms. The van der Waals surface area contributed by atoms with Gasteiger partial charge in [0.25, 0.3) is 6.43 Å². The zero-order chi connectivity index (χ0) is 12.1. The monoisotopic (exact) mass is 234 g/mol. The molecule has 2 nitrogen and oxygen atoms in total. The molecule has 1 heterocycles. The number of hydrogen-bond donors (Lipinski definition) is 1.